The van der Waals surface area contributed by atoms with Gasteiger partial charge in [0.05, 0.1) is 6.07 Å². The Labute approximate surface area is 210 Å². The van der Waals surface area contributed by atoms with Gasteiger partial charge in [0.25, 0.3) is 0 Å². The van der Waals surface area contributed by atoms with Crippen molar-refractivity contribution in [2.75, 3.05) is 0 Å². The molecule has 0 aliphatic heterocycles. The first-order valence-electron chi connectivity index (χ1n) is 9.77. The normalized spacial score (nSPS) is 11.9. The van der Waals surface area contributed by atoms with Crippen LogP contribution in [0, 0.1) is 31.2 Å². The molecule has 188 valence electrons. The summed E-state index contributed by atoms with van der Waals surface area (Å²) in [6.07, 6.45) is 1.80. The van der Waals surface area contributed by atoms with E-state index in [2.05, 4.69) is 69.1 Å². The molecule has 3 aromatic rings. The van der Waals surface area contributed by atoms with Crippen molar-refractivity contribution in [1.29, 1.82) is 5.26 Å². The van der Waals surface area contributed by atoms with Crippen molar-refractivity contribution in [3.8, 4) is 17.3 Å². The van der Waals surface area contributed by atoms with Crippen LogP contribution in [0.1, 0.15) is 43.4 Å². The molecule has 0 radical (unpaired) electrons. The quantitative estimate of drug-likeness (QED) is 0.129. The summed E-state index contributed by atoms with van der Waals surface area (Å²) in [6.45, 7) is 10.0. The number of halogens is 6. The van der Waals surface area contributed by atoms with E-state index < -0.39 is 7.81 Å². The number of benzene rings is 2. The van der Waals surface area contributed by atoms with Crippen molar-refractivity contribution < 1.29 is 44.7 Å². The molecule has 0 unspecified atom stereocenters. The zero-order chi connectivity index (χ0) is 25.8. The van der Waals surface area contributed by atoms with E-state index in [0.29, 0.717) is 5.92 Å². The zero-order valence-electron chi connectivity index (χ0n) is 19.4. The van der Waals surface area contributed by atoms with E-state index in [1.54, 1.807) is 12.3 Å². The number of hydrogen-bond acceptors (Lipinski definition) is 2. The first-order valence-corrected chi connectivity index (χ1v) is 11.8. The summed E-state index contributed by atoms with van der Waals surface area (Å²) in [7, 11) is -10.7. The van der Waals surface area contributed by atoms with Gasteiger partial charge in [-0.2, -0.15) is 5.26 Å². The van der Waals surface area contributed by atoms with E-state index in [1.807, 2.05) is 30.3 Å². The molecular formula is C24H27F6N2PRu. The smallest absolute Gasteiger partial charge is 2.00 e. The van der Waals surface area contributed by atoms with Gasteiger partial charge >= 0.3 is 52.5 Å². The number of hydrogen-bond donors (Lipinski definition) is 0. The minimum Gasteiger partial charge on any atom is 2.00 e. The molecule has 0 aliphatic rings. The predicted molar refractivity (Wildman–Crippen MR) is 123 cm³/mol. The summed E-state index contributed by atoms with van der Waals surface area (Å²) >= 11 is 0. The molecule has 2 aromatic carbocycles. The molecule has 0 amide bonds. The second-order valence-corrected chi connectivity index (χ2v) is 9.11. The fraction of sp³-hybridized carbons (Fsp3) is 0.250. The average molecular weight is 590 g/mol. The Morgan fingerprint density at radius 2 is 1.38 bits per heavy atom. The minimum atomic E-state index is -10.7. The maximum absolute atomic E-state index is 10.7. The van der Waals surface area contributed by atoms with Gasteiger partial charge in [0, 0.05) is 13.1 Å². The third-order valence-electron chi connectivity index (χ3n) is 3.73. The molecule has 2 nitrogen and oxygen atoms in total. The zero-order valence-corrected chi connectivity index (χ0v) is 22.0. The fourth-order valence-electron chi connectivity index (χ4n) is 2.26. The van der Waals surface area contributed by atoms with Crippen LogP contribution in [0.25, 0.3) is 11.3 Å². The Bertz CT molecular complexity index is 1010. The van der Waals surface area contributed by atoms with E-state index in [1.165, 1.54) is 23.6 Å². The molecule has 0 spiro atoms. The maximum atomic E-state index is 9.87. The first-order chi connectivity index (χ1) is 14.9. The predicted octanol–water partition coefficient (Wildman–Crippen LogP) is 9.89. The summed E-state index contributed by atoms with van der Waals surface area (Å²) in [4.78, 5) is 4.28. The molecule has 1 heterocycles. The molecule has 1 aromatic heterocycles. The van der Waals surface area contributed by atoms with Crippen molar-refractivity contribution in [3.63, 3.8) is 0 Å². The van der Waals surface area contributed by atoms with Crippen molar-refractivity contribution in [3.05, 3.63) is 89.6 Å². The van der Waals surface area contributed by atoms with Crippen LogP contribution < -0.4 is 0 Å². The van der Waals surface area contributed by atoms with Crippen LogP contribution in [0.5, 0.6) is 0 Å². The molecule has 0 aliphatic carbocycles. The Morgan fingerprint density at radius 3 is 1.76 bits per heavy atom. The topological polar surface area (TPSA) is 36.7 Å². The maximum Gasteiger partial charge on any atom is 2.00 e. The standard InChI is InChI=1S/C12H10N.C10H14.C2H3N.F6P.Ru/c1-10-6-2-3-7-11(10)12-8-4-5-9-13-12;1-8(2)10-6-4-9(3)5-7-10;1-2-3;1-7(2,3,4,5)6;/h2-6,8-9H,1H3;4-8H,1-3H3;1H3;;/q-1;;;-1;+2. The Morgan fingerprint density at radius 1 is 0.882 bits per heavy atom. The molecule has 3 rings (SSSR count). The van der Waals surface area contributed by atoms with Gasteiger partial charge in [0.15, 0.2) is 0 Å². The molecule has 34 heavy (non-hydrogen) atoms. The third kappa shape index (κ3) is 20.3. The van der Waals surface area contributed by atoms with Gasteiger partial charge in [-0.05, 0) is 30.2 Å². The summed E-state index contributed by atoms with van der Waals surface area (Å²) < 4.78 is 59.2. The number of nitrogens with zero attached hydrogens (tertiary/aromatic N) is 2. The van der Waals surface area contributed by atoms with Gasteiger partial charge in [-0.3, -0.25) is 0 Å². The number of pyridine rings is 1. The van der Waals surface area contributed by atoms with Gasteiger partial charge in [-0.25, -0.2) is 0 Å². The van der Waals surface area contributed by atoms with Crippen LogP contribution in [0.4, 0.5) is 25.2 Å². The van der Waals surface area contributed by atoms with Gasteiger partial charge < -0.3 is 4.98 Å². The molecule has 0 saturated heterocycles. The second-order valence-electron chi connectivity index (χ2n) is 7.19. The van der Waals surface area contributed by atoms with Crippen LogP contribution in [0.2, 0.25) is 0 Å². The molecular weight excluding hydrogens is 562 g/mol. The number of nitriles is 1. The van der Waals surface area contributed by atoms with Gasteiger partial charge in [-0.15, -0.1) is 35.4 Å². The SMILES string of the molecule is CC#N.Cc1ccc(C(C)C)cc1.Cc1ccc[c-]c1-c1ccccn1.F[P-](F)(F)(F)(F)F.[Ru+2]. The van der Waals surface area contributed by atoms with Crippen molar-refractivity contribution in [2.45, 2.75) is 40.5 Å². The summed E-state index contributed by atoms with van der Waals surface area (Å²) in [5, 5.41) is 7.32. The summed E-state index contributed by atoms with van der Waals surface area (Å²) in [5.74, 6) is 0.653. The van der Waals surface area contributed by atoms with E-state index in [4.69, 9.17) is 5.26 Å². The van der Waals surface area contributed by atoms with Gasteiger partial charge in [0.1, 0.15) is 0 Å². The van der Waals surface area contributed by atoms with Crippen LogP contribution in [-0.4, -0.2) is 4.98 Å². The Balaban J connectivity index is 0. The molecule has 0 N–H and O–H groups in total. The van der Waals surface area contributed by atoms with Crippen LogP contribution in [-0.2, 0) is 19.5 Å². The minimum absolute atomic E-state index is 0. The van der Waals surface area contributed by atoms with Gasteiger partial charge in [0.2, 0.25) is 0 Å². The fourth-order valence-corrected chi connectivity index (χ4v) is 2.26. The van der Waals surface area contributed by atoms with E-state index in [9.17, 15) is 25.2 Å². The monoisotopic (exact) mass is 590 g/mol. The van der Waals surface area contributed by atoms with Crippen molar-refractivity contribution in [1.82, 2.24) is 4.98 Å². The number of aromatic nitrogens is 1. The number of rotatable bonds is 2. The van der Waals surface area contributed by atoms with Crippen LogP contribution in [0.15, 0.2) is 66.9 Å². The summed E-state index contributed by atoms with van der Waals surface area (Å²) in [5.41, 5.74) is 6.04. The van der Waals surface area contributed by atoms with E-state index in [-0.39, 0.29) is 19.5 Å². The van der Waals surface area contributed by atoms with E-state index >= 15 is 0 Å². The molecule has 0 bridgehead atoms. The first kappa shape index (κ1) is 33.9. The Hall–Kier alpha value is -2.29. The third-order valence-corrected chi connectivity index (χ3v) is 3.73. The molecule has 0 fully saturated rings. The molecule has 10 heteroatoms. The summed E-state index contributed by atoms with van der Waals surface area (Å²) in [6, 6.07) is 25.5. The second kappa shape index (κ2) is 13.6. The van der Waals surface area contributed by atoms with Crippen LogP contribution >= 0.6 is 7.81 Å². The Kier molecular flexibility index (Phi) is 13.5. The number of aryl methyl sites for hydroxylation is 2. The van der Waals surface area contributed by atoms with Gasteiger partial charge in [-0.1, -0.05) is 62.7 Å². The van der Waals surface area contributed by atoms with E-state index in [0.717, 1.165) is 11.3 Å². The molecule has 0 saturated carbocycles. The van der Waals surface area contributed by atoms with Crippen LogP contribution in [0.3, 0.4) is 0 Å². The molecule has 0 atom stereocenters. The van der Waals surface area contributed by atoms with Crippen molar-refractivity contribution in [2.24, 2.45) is 0 Å². The largest absolute Gasteiger partial charge is 2.00 e. The average Bonchev–Trinajstić information content (AvgIpc) is 2.68. The van der Waals surface area contributed by atoms with Crippen molar-refractivity contribution >= 4 is 7.81 Å².